The Balaban J connectivity index is 2.26. The molecule has 2 rings (SSSR count). The van der Waals surface area contributed by atoms with Gasteiger partial charge in [0, 0.05) is 23.6 Å². The van der Waals surface area contributed by atoms with Crippen molar-refractivity contribution >= 4 is 21.8 Å². The Hall–Kier alpha value is -1.95. The summed E-state index contributed by atoms with van der Waals surface area (Å²) in [4.78, 5) is 13.3. The largest absolute Gasteiger partial charge is 0.508 e. The second kappa shape index (κ2) is 6.22. The fraction of sp³-hybridized carbons (Fsp3) is 0.133. The van der Waals surface area contributed by atoms with Crippen LogP contribution in [0.3, 0.4) is 0 Å². The van der Waals surface area contributed by atoms with E-state index in [2.05, 4.69) is 15.9 Å². The number of hydrogen-bond acceptors (Lipinski definition) is 2. The molecule has 1 N–H and O–H groups in total. The van der Waals surface area contributed by atoms with Crippen LogP contribution in [0.25, 0.3) is 0 Å². The summed E-state index contributed by atoms with van der Waals surface area (Å²) in [6, 6.07) is 8.53. The van der Waals surface area contributed by atoms with Gasteiger partial charge in [-0.05, 0) is 18.2 Å². The highest BCUT2D eigenvalue weighted by Crippen LogP contribution is 2.22. The van der Waals surface area contributed by atoms with Gasteiger partial charge in [0.25, 0.3) is 5.91 Å². The second-order valence-electron chi connectivity index (χ2n) is 4.53. The maximum absolute atomic E-state index is 13.8. The van der Waals surface area contributed by atoms with Crippen LogP contribution in [-0.4, -0.2) is 23.0 Å². The van der Waals surface area contributed by atoms with Gasteiger partial charge in [0.2, 0.25) is 0 Å². The monoisotopic (exact) mass is 355 g/mol. The number of para-hydroxylation sites is 1. The Morgan fingerprint density at radius 3 is 2.38 bits per heavy atom. The Morgan fingerprint density at radius 1 is 1.24 bits per heavy atom. The van der Waals surface area contributed by atoms with Crippen molar-refractivity contribution in [3.05, 3.63) is 63.6 Å². The van der Waals surface area contributed by atoms with E-state index >= 15 is 0 Å². The number of nitrogens with zero attached hydrogens (tertiary/aromatic N) is 1. The molecular weight excluding hydrogens is 344 g/mol. The zero-order valence-electron chi connectivity index (χ0n) is 11.1. The van der Waals surface area contributed by atoms with Crippen LogP contribution < -0.4 is 0 Å². The molecule has 0 aliphatic heterocycles. The Kier molecular flexibility index (Phi) is 4.57. The zero-order valence-corrected chi connectivity index (χ0v) is 12.7. The number of halogens is 3. The van der Waals surface area contributed by atoms with Gasteiger partial charge in [0.05, 0.1) is 0 Å². The standard InChI is InChI=1S/C15H12BrF2NO2/c1-19(8-9-4-2-3-5-13(9)20)15(21)14-11(17)6-10(16)7-12(14)18/h2-7,20H,8H2,1H3. The first-order valence-corrected chi connectivity index (χ1v) is 6.86. The molecule has 0 saturated carbocycles. The molecule has 0 saturated heterocycles. The first-order valence-electron chi connectivity index (χ1n) is 6.07. The molecule has 0 fully saturated rings. The van der Waals surface area contributed by atoms with Gasteiger partial charge in [0.1, 0.15) is 22.9 Å². The molecule has 0 heterocycles. The average Bonchev–Trinajstić information content (AvgIpc) is 2.40. The molecule has 1 amide bonds. The van der Waals surface area contributed by atoms with E-state index in [-0.39, 0.29) is 16.8 Å². The van der Waals surface area contributed by atoms with Crippen LogP contribution in [0.5, 0.6) is 5.75 Å². The maximum Gasteiger partial charge on any atom is 0.259 e. The third-order valence-corrected chi connectivity index (χ3v) is 3.42. The van der Waals surface area contributed by atoms with E-state index in [0.717, 1.165) is 17.0 Å². The highest BCUT2D eigenvalue weighted by Gasteiger charge is 2.22. The van der Waals surface area contributed by atoms with Gasteiger partial charge in [-0.15, -0.1) is 0 Å². The molecule has 0 radical (unpaired) electrons. The van der Waals surface area contributed by atoms with Crippen LogP contribution in [0, 0.1) is 11.6 Å². The van der Waals surface area contributed by atoms with Crippen LogP contribution in [-0.2, 0) is 6.54 Å². The van der Waals surface area contributed by atoms with Crippen molar-refractivity contribution < 1.29 is 18.7 Å². The summed E-state index contributed by atoms with van der Waals surface area (Å²) in [6.45, 7) is 0.0421. The Labute approximate surface area is 128 Å². The van der Waals surface area contributed by atoms with E-state index in [1.807, 2.05) is 0 Å². The molecule has 0 aliphatic rings. The van der Waals surface area contributed by atoms with E-state index in [1.54, 1.807) is 18.2 Å². The summed E-state index contributed by atoms with van der Waals surface area (Å²) < 4.78 is 27.8. The molecule has 0 unspecified atom stereocenters. The summed E-state index contributed by atoms with van der Waals surface area (Å²) in [5.41, 5.74) is -0.123. The predicted octanol–water partition coefficient (Wildman–Crippen LogP) is 3.71. The van der Waals surface area contributed by atoms with Crippen molar-refractivity contribution in [1.29, 1.82) is 0 Å². The summed E-state index contributed by atoms with van der Waals surface area (Å²) in [7, 11) is 1.41. The molecule has 110 valence electrons. The normalized spacial score (nSPS) is 10.5. The van der Waals surface area contributed by atoms with Gasteiger partial charge in [-0.25, -0.2) is 8.78 Å². The van der Waals surface area contributed by atoms with Gasteiger partial charge in [-0.1, -0.05) is 34.1 Å². The van der Waals surface area contributed by atoms with E-state index in [0.29, 0.717) is 5.56 Å². The minimum absolute atomic E-state index is 0.0221. The van der Waals surface area contributed by atoms with Crippen molar-refractivity contribution in [3.63, 3.8) is 0 Å². The molecule has 0 aromatic heterocycles. The lowest BCUT2D eigenvalue weighted by Crippen LogP contribution is -2.28. The van der Waals surface area contributed by atoms with E-state index in [4.69, 9.17) is 0 Å². The highest BCUT2D eigenvalue weighted by molar-refractivity contribution is 9.10. The first kappa shape index (κ1) is 15.4. The topological polar surface area (TPSA) is 40.5 Å². The Morgan fingerprint density at radius 2 is 1.81 bits per heavy atom. The van der Waals surface area contributed by atoms with E-state index in [9.17, 15) is 18.7 Å². The first-order chi connectivity index (χ1) is 9.90. The van der Waals surface area contributed by atoms with Gasteiger partial charge < -0.3 is 10.0 Å². The number of aromatic hydroxyl groups is 1. The molecular formula is C15H12BrF2NO2. The maximum atomic E-state index is 13.8. The number of rotatable bonds is 3. The lowest BCUT2D eigenvalue weighted by Gasteiger charge is -2.18. The molecule has 0 atom stereocenters. The Bertz CT molecular complexity index is 668. The molecule has 6 heteroatoms. The van der Waals surface area contributed by atoms with Crippen molar-refractivity contribution in [1.82, 2.24) is 4.90 Å². The zero-order chi connectivity index (χ0) is 15.6. The number of carbonyl (C=O) groups excluding carboxylic acids is 1. The van der Waals surface area contributed by atoms with Crippen LogP contribution >= 0.6 is 15.9 Å². The summed E-state index contributed by atoms with van der Waals surface area (Å²) in [5.74, 6) is -2.64. The molecule has 0 bridgehead atoms. The molecule has 0 aliphatic carbocycles. The summed E-state index contributed by atoms with van der Waals surface area (Å²) in [6.07, 6.45) is 0. The minimum Gasteiger partial charge on any atom is -0.508 e. The number of carbonyl (C=O) groups is 1. The quantitative estimate of drug-likeness (QED) is 0.911. The fourth-order valence-corrected chi connectivity index (χ4v) is 2.31. The van der Waals surface area contributed by atoms with E-state index in [1.165, 1.54) is 13.1 Å². The number of hydrogen-bond donors (Lipinski definition) is 1. The van der Waals surface area contributed by atoms with Crippen LogP contribution in [0.15, 0.2) is 40.9 Å². The number of phenols is 1. The third-order valence-electron chi connectivity index (χ3n) is 2.97. The van der Waals surface area contributed by atoms with Gasteiger partial charge in [-0.2, -0.15) is 0 Å². The number of benzene rings is 2. The number of phenolic OH excluding ortho intramolecular Hbond substituents is 1. The van der Waals surface area contributed by atoms with Crippen molar-refractivity contribution in [2.75, 3.05) is 7.05 Å². The summed E-state index contributed by atoms with van der Waals surface area (Å²) in [5, 5.41) is 9.67. The van der Waals surface area contributed by atoms with Crippen molar-refractivity contribution in [2.45, 2.75) is 6.54 Å². The van der Waals surface area contributed by atoms with E-state index < -0.39 is 23.1 Å². The predicted molar refractivity (Wildman–Crippen MR) is 78.0 cm³/mol. The highest BCUT2D eigenvalue weighted by atomic mass is 79.9. The van der Waals surface area contributed by atoms with Crippen molar-refractivity contribution in [2.24, 2.45) is 0 Å². The van der Waals surface area contributed by atoms with Gasteiger partial charge in [0.15, 0.2) is 0 Å². The fourth-order valence-electron chi connectivity index (χ4n) is 1.91. The molecule has 2 aromatic carbocycles. The molecule has 21 heavy (non-hydrogen) atoms. The lowest BCUT2D eigenvalue weighted by atomic mass is 10.1. The lowest BCUT2D eigenvalue weighted by molar-refractivity contribution is 0.0774. The molecule has 0 spiro atoms. The van der Waals surface area contributed by atoms with Gasteiger partial charge >= 0.3 is 0 Å². The molecule has 3 nitrogen and oxygen atoms in total. The van der Waals surface area contributed by atoms with Crippen LogP contribution in [0.2, 0.25) is 0 Å². The molecule has 2 aromatic rings. The van der Waals surface area contributed by atoms with Crippen molar-refractivity contribution in [3.8, 4) is 5.75 Å². The SMILES string of the molecule is CN(Cc1ccccc1O)C(=O)c1c(F)cc(Br)cc1F. The second-order valence-corrected chi connectivity index (χ2v) is 5.45. The average molecular weight is 356 g/mol. The van der Waals surface area contributed by atoms with Crippen LogP contribution in [0.4, 0.5) is 8.78 Å². The third kappa shape index (κ3) is 3.39. The number of amides is 1. The smallest absolute Gasteiger partial charge is 0.259 e. The summed E-state index contributed by atoms with van der Waals surface area (Å²) >= 11 is 2.96. The minimum atomic E-state index is -0.934. The van der Waals surface area contributed by atoms with Gasteiger partial charge in [-0.3, -0.25) is 4.79 Å². The van der Waals surface area contributed by atoms with Crippen LogP contribution in [0.1, 0.15) is 15.9 Å².